The summed E-state index contributed by atoms with van der Waals surface area (Å²) in [5, 5.41) is 45.4. The Morgan fingerprint density at radius 2 is 1.59 bits per heavy atom. The van der Waals surface area contributed by atoms with Crippen molar-refractivity contribution >= 4 is 17.7 Å². The SMILES string of the molecule is CC1=C\C(C)CC2(C)CCC(O2)C23CCC(C(=O)O)(CC(O2)C2OC(C)(CC2=O)C(O)C2CCC4(CCCC(O4)C(C)C(=O)OC4CC(C5(O)OCCC(C)C5O)OC4\C=C\1)O2)O3. The van der Waals surface area contributed by atoms with Crippen molar-refractivity contribution in [3.8, 4) is 0 Å². The maximum atomic E-state index is 14.1. The summed E-state index contributed by atoms with van der Waals surface area (Å²) in [6.07, 6.45) is 2.32. The molecular weight excluding hydrogens is 821 g/mol. The molecule has 8 fully saturated rings. The minimum absolute atomic E-state index is 0.0310. The molecule has 16 heteroatoms. The second kappa shape index (κ2) is 16.5. The maximum absolute atomic E-state index is 14.1. The Hall–Kier alpha value is -2.35. The van der Waals surface area contributed by atoms with Crippen molar-refractivity contribution in [1.82, 2.24) is 0 Å². The normalized spacial score (nSPS) is 54.2. The molecule has 4 N–H and O–H groups in total. The average molecular weight is 889 g/mol. The predicted molar refractivity (Wildman–Crippen MR) is 220 cm³/mol. The standard InChI is InChI=1S/C47H68O16/c1-25-9-10-31-33(21-36(56-31)47(54)38(49)27(3)13-19-55-47)57-40(51)28(4)30-8-7-14-45(58-30)16-11-32(59-45)39(50)43(6)23-29(48)37(62-43)34-24-44(41(52)53)17-18-46(60-34,63-44)35-12-15-42(5,61-35)22-26(2)20-25/h9-10,20,26-28,30-39,49-50,54H,7-8,11-19,21-24H2,1-6H3,(H,52,53)/b10-9+,25-20+. The van der Waals surface area contributed by atoms with Gasteiger partial charge in [-0.1, -0.05) is 37.6 Å². The molecule has 10 bridgehead atoms. The Morgan fingerprint density at radius 3 is 2.37 bits per heavy atom. The zero-order valence-corrected chi connectivity index (χ0v) is 37.5. The van der Waals surface area contributed by atoms with E-state index in [1.807, 2.05) is 32.9 Å². The van der Waals surface area contributed by atoms with E-state index in [-0.39, 0.29) is 56.3 Å². The Labute approximate surface area is 369 Å². The number of aliphatic hydroxyl groups excluding tert-OH is 2. The molecule has 9 aliphatic heterocycles. The number of esters is 1. The third-order valence-corrected chi connectivity index (χ3v) is 16.0. The molecule has 19 unspecified atom stereocenters. The van der Waals surface area contributed by atoms with E-state index < -0.39 is 113 Å². The summed E-state index contributed by atoms with van der Waals surface area (Å²) in [6, 6.07) is 0. The van der Waals surface area contributed by atoms with E-state index in [2.05, 4.69) is 13.0 Å². The maximum Gasteiger partial charge on any atom is 0.336 e. The number of carboxylic acid groups (broad SMARTS) is 1. The van der Waals surface area contributed by atoms with Crippen LogP contribution in [0, 0.1) is 17.8 Å². The molecule has 8 saturated heterocycles. The van der Waals surface area contributed by atoms with Crippen LogP contribution in [0.5, 0.6) is 0 Å². The number of hydrogen-bond acceptors (Lipinski definition) is 15. The van der Waals surface area contributed by atoms with Gasteiger partial charge in [-0.05, 0) is 90.9 Å². The molecular formula is C47H68O16. The monoisotopic (exact) mass is 888 g/mol. The molecule has 0 aromatic carbocycles. The van der Waals surface area contributed by atoms with E-state index in [9.17, 15) is 34.8 Å². The summed E-state index contributed by atoms with van der Waals surface area (Å²) in [7, 11) is 0. The van der Waals surface area contributed by atoms with Gasteiger partial charge in [-0.3, -0.25) is 9.59 Å². The molecule has 0 aromatic heterocycles. The first-order chi connectivity index (χ1) is 29.7. The minimum Gasteiger partial charge on any atom is -0.479 e. The number of ketones is 1. The first-order valence-electron chi connectivity index (χ1n) is 23.5. The topological polar surface area (TPSA) is 215 Å². The van der Waals surface area contributed by atoms with Crippen molar-refractivity contribution in [1.29, 1.82) is 0 Å². The molecule has 0 saturated carbocycles. The summed E-state index contributed by atoms with van der Waals surface area (Å²) in [5.74, 6) is -7.29. The molecule has 2 spiro atoms. The van der Waals surface area contributed by atoms with Gasteiger partial charge in [0.1, 0.15) is 48.3 Å². The minimum atomic E-state index is -1.99. The fourth-order valence-corrected chi connectivity index (χ4v) is 12.5. The fourth-order valence-electron chi connectivity index (χ4n) is 12.5. The van der Waals surface area contributed by atoms with Crippen LogP contribution in [-0.4, -0.2) is 140 Å². The van der Waals surface area contributed by atoms with E-state index in [0.29, 0.717) is 57.8 Å². The molecule has 0 aromatic rings. The lowest BCUT2D eigenvalue weighted by Gasteiger charge is -2.46. The zero-order chi connectivity index (χ0) is 44.9. The highest BCUT2D eigenvalue weighted by atomic mass is 16.8. The van der Waals surface area contributed by atoms with Crippen molar-refractivity contribution in [2.75, 3.05) is 6.61 Å². The molecule has 9 aliphatic rings. The van der Waals surface area contributed by atoms with Gasteiger partial charge in [-0.25, -0.2) is 4.79 Å². The average Bonchev–Trinajstić information content (AvgIpc) is 4.06. The number of hydrogen-bond donors (Lipinski definition) is 4. The number of aliphatic carboxylic acids is 1. The number of rotatable bonds is 2. The third-order valence-electron chi connectivity index (χ3n) is 16.0. The molecule has 19 atom stereocenters. The van der Waals surface area contributed by atoms with Crippen LogP contribution < -0.4 is 0 Å². The predicted octanol–water partition coefficient (Wildman–Crippen LogP) is 4.32. The number of carbonyl (C=O) groups excluding carboxylic acids is 2. The highest BCUT2D eigenvalue weighted by molar-refractivity contribution is 5.87. The van der Waals surface area contributed by atoms with Gasteiger partial charge in [0.15, 0.2) is 23.0 Å². The van der Waals surface area contributed by atoms with Gasteiger partial charge in [0.05, 0.1) is 36.4 Å². The largest absolute Gasteiger partial charge is 0.479 e. The number of carboxylic acids is 1. The molecule has 0 amide bonds. The smallest absolute Gasteiger partial charge is 0.336 e. The van der Waals surface area contributed by atoms with E-state index in [4.69, 9.17) is 42.6 Å². The number of ether oxygens (including phenoxy) is 9. The summed E-state index contributed by atoms with van der Waals surface area (Å²) in [5.41, 5.74) is -2.63. The first-order valence-corrected chi connectivity index (χ1v) is 23.5. The zero-order valence-electron chi connectivity index (χ0n) is 37.5. The van der Waals surface area contributed by atoms with E-state index in [1.54, 1.807) is 13.8 Å². The van der Waals surface area contributed by atoms with Gasteiger partial charge in [0, 0.05) is 38.5 Å². The molecule has 352 valence electrons. The number of aliphatic hydroxyl groups is 3. The Kier molecular flexibility index (Phi) is 12.0. The highest BCUT2D eigenvalue weighted by Crippen LogP contribution is 2.55. The Bertz CT molecular complexity index is 1860. The van der Waals surface area contributed by atoms with Crippen LogP contribution in [0.2, 0.25) is 0 Å². The van der Waals surface area contributed by atoms with Crippen molar-refractivity contribution < 1.29 is 77.4 Å². The summed E-state index contributed by atoms with van der Waals surface area (Å²) in [6.45, 7) is 11.6. The van der Waals surface area contributed by atoms with Crippen LogP contribution >= 0.6 is 0 Å². The van der Waals surface area contributed by atoms with Gasteiger partial charge >= 0.3 is 11.9 Å². The van der Waals surface area contributed by atoms with Gasteiger partial charge in [0.2, 0.25) is 5.79 Å². The fraction of sp³-hybridized carbons (Fsp3) is 0.851. The first kappa shape index (κ1) is 45.8. The Balaban J connectivity index is 1.01. The molecule has 63 heavy (non-hydrogen) atoms. The quantitative estimate of drug-likeness (QED) is 0.284. The van der Waals surface area contributed by atoms with Crippen LogP contribution in [-0.2, 0) is 57.0 Å². The van der Waals surface area contributed by atoms with E-state index in [1.165, 1.54) is 0 Å². The highest BCUT2D eigenvalue weighted by Gasteiger charge is 2.68. The second-order valence-corrected chi connectivity index (χ2v) is 21.1. The molecule has 9 rings (SSSR count). The van der Waals surface area contributed by atoms with Gasteiger partial charge < -0.3 is 63.1 Å². The van der Waals surface area contributed by atoms with Crippen LogP contribution in [0.3, 0.4) is 0 Å². The van der Waals surface area contributed by atoms with Gasteiger partial charge in [-0.15, -0.1) is 0 Å². The molecule has 0 aliphatic carbocycles. The number of fused-ring (bicyclic) bond motifs is 10. The lowest BCUT2D eigenvalue weighted by atomic mass is 9.87. The van der Waals surface area contributed by atoms with Crippen LogP contribution in [0.1, 0.15) is 131 Å². The summed E-state index contributed by atoms with van der Waals surface area (Å²) >= 11 is 0. The van der Waals surface area contributed by atoms with Crippen LogP contribution in [0.4, 0.5) is 0 Å². The summed E-state index contributed by atoms with van der Waals surface area (Å²) in [4.78, 5) is 40.9. The summed E-state index contributed by atoms with van der Waals surface area (Å²) < 4.78 is 58.2. The van der Waals surface area contributed by atoms with Crippen molar-refractivity contribution in [2.24, 2.45) is 17.8 Å². The Morgan fingerprint density at radius 1 is 0.810 bits per heavy atom. The number of allylic oxidation sites excluding steroid dienone is 3. The molecule has 16 nitrogen and oxygen atoms in total. The van der Waals surface area contributed by atoms with Crippen molar-refractivity contribution in [3.05, 3.63) is 23.8 Å². The molecule has 0 radical (unpaired) electrons. The van der Waals surface area contributed by atoms with E-state index in [0.717, 1.165) is 5.57 Å². The van der Waals surface area contributed by atoms with Crippen LogP contribution in [0.25, 0.3) is 0 Å². The third kappa shape index (κ3) is 8.18. The number of carbonyl (C=O) groups is 3. The lowest BCUT2D eigenvalue weighted by molar-refractivity contribution is -0.358. The lowest BCUT2D eigenvalue weighted by Crippen LogP contribution is -2.60. The van der Waals surface area contributed by atoms with Gasteiger partial charge in [0.25, 0.3) is 0 Å². The van der Waals surface area contributed by atoms with Crippen LogP contribution in [0.15, 0.2) is 23.8 Å². The van der Waals surface area contributed by atoms with Crippen molar-refractivity contribution in [2.45, 2.75) is 227 Å². The van der Waals surface area contributed by atoms with Crippen molar-refractivity contribution in [3.63, 3.8) is 0 Å². The second-order valence-electron chi connectivity index (χ2n) is 21.1. The van der Waals surface area contributed by atoms with E-state index >= 15 is 0 Å². The number of Topliss-reactive ketones (excluding diaryl/α,β-unsaturated/α-hetero) is 1. The van der Waals surface area contributed by atoms with Gasteiger partial charge in [-0.2, -0.15) is 0 Å². The molecule has 9 heterocycles.